The zero-order valence-corrected chi connectivity index (χ0v) is 10.3. The normalized spacial score (nSPS) is 11.0. The summed E-state index contributed by atoms with van der Waals surface area (Å²) in [6.07, 6.45) is 5.69. The second-order valence-corrected chi connectivity index (χ2v) is 4.45. The van der Waals surface area contributed by atoms with Crippen molar-refractivity contribution in [2.75, 3.05) is 0 Å². The fourth-order valence-electron chi connectivity index (χ4n) is 2.24. The molecule has 90 valence electrons. The van der Waals surface area contributed by atoms with Gasteiger partial charge in [-0.2, -0.15) is 4.40 Å². The average molecular weight is 240 g/mol. The van der Waals surface area contributed by atoms with Crippen molar-refractivity contribution in [3.63, 3.8) is 0 Å². The second kappa shape index (κ2) is 3.84. The summed E-state index contributed by atoms with van der Waals surface area (Å²) in [6, 6.07) is 8.01. The van der Waals surface area contributed by atoms with Gasteiger partial charge in [0.1, 0.15) is 18.6 Å². The Morgan fingerprint density at radius 2 is 2.06 bits per heavy atom. The third-order valence-electron chi connectivity index (χ3n) is 3.18. The maximum absolute atomic E-state index is 12.1. The van der Waals surface area contributed by atoms with Gasteiger partial charge in [0.05, 0.1) is 12.7 Å². The van der Waals surface area contributed by atoms with Gasteiger partial charge in [0, 0.05) is 5.56 Å². The second-order valence-electron chi connectivity index (χ2n) is 4.45. The topological polar surface area (TPSA) is 41.9 Å². The number of H-pyrrole nitrogens is 1. The van der Waals surface area contributed by atoms with Crippen LogP contribution < -0.4 is 9.96 Å². The first-order valence-electron chi connectivity index (χ1n) is 5.82. The van der Waals surface area contributed by atoms with Crippen molar-refractivity contribution in [1.29, 1.82) is 0 Å². The molecular formula is C14H14N3O+. The molecule has 0 aliphatic carbocycles. The molecule has 3 aromatic rings. The van der Waals surface area contributed by atoms with Gasteiger partial charge in [0.2, 0.25) is 0 Å². The van der Waals surface area contributed by atoms with Crippen LogP contribution in [0.5, 0.6) is 0 Å². The zero-order chi connectivity index (χ0) is 12.7. The van der Waals surface area contributed by atoms with Crippen LogP contribution in [0.4, 0.5) is 0 Å². The molecule has 4 heteroatoms. The minimum Gasteiger partial charge on any atom is -0.312 e. The van der Waals surface area contributed by atoms with E-state index in [-0.39, 0.29) is 5.56 Å². The molecular weight excluding hydrogens is 226 g/mol. The quantitative estimate of drug-likeness (QED) is 0.642. The number of hydrogen-bond donors (Lipinski definition) is 1. The van der Waals surface area contributed by atoms with E-state index < -0.39 is 0 Å². The van der Waals surface area contributed by atoms with Crippen molar-refractivity contribution in [1.82, 2.24) is 9.55 Å². The van der Waals surface area contributed by atoms with Gasteiger partial charge in [-0.1, -0.05) is 24.3 Å². The zero-order valence-electron chi connectivity index (χ0n) is 10.3. The van der Waals surface area contributed by atoms with Crippen LogP contribution in [0.25, 0.3) is 16.9 Å². The van der Waals surface area contributed by atoms with Crippen LogP contribution in [0.3, 0.4) is 0 Å². The Labute approximate surface area is 104 Å². The Hall–Kier alpha value is -2.36. The molecule has 0 fully saturated rings. The molecule has 0 aliphatic heterocycles. The van der Waals surface area contributed by atoms with Crippen molar-refractivity contribution in [2.45, 2.75) is 6.92 Å². The number of rotatable bonds is 1. The van der Waals surface area contributed by atoms with Gasteiger partial charge in [-0.25, -0.2) is 4.57 Å². The first kappa shape index (κ1) is 10.8. The van der Waals surface area contributed by atoms with E-state index in [9.17, 15) is 4.79 Å². The lowest BCUT2D eigenvalue weighted by molar-refractivity contribution is -0.511. The minimum absolute atomic E-state index is 0.0803. The van der Waals surface area contributed by atoms with Crippen molar-refractivity contribution in [2.24, 2.45) is 7.05 Å². The summed E-state index contributed by atoms with van der Waals surface area (Å²) in [7, 11) is 1.86. The van der Waals surface area contributed by atoms with Crippen LogP contribution >= 0.6 is 0 Å². The summed E-state index contributed by atoms with van der Waals surface area (Å²) >= 11 is 0. The lowest BCUT2D eigenvalue weighted by Gasteiger charge is -2.03. The van der Waals surface area contributed by atoms with Crippen molar-refractivity contribution in [3.05, 3.63) is 58.8 Å². The molecule has 0 saturated heterocycles. The Bertz CT molecular complexity index is 783. The maximum atomic E-state index is 12.1. The summed E-state index contributed by atoms with van der Waals surface area (Å²) in [4.78, 5) is 15.0. The third-order valence-corrected chi connectivity index (χ3v) is 3.18. The third kappa shape index (κ3) is 1.54. The molecule has 3 rings (SSSR count). The van der Waals surface area contributed by atoms with Gasteiger partial charge in [-0.15, -0.1) is 0 Å². The van der Waals surface area contributed by atoms with E-state index in [1.54, 1.807) is 4.57 Å². The Morgan fingerprint density at radius 1 is 1.28 bits per heavy atom. The van der Waals surface area contributed by atoms with E-state index in [2.05, 4.69) is 4.98 Å². The SMILES string of the molecule is Cc1ccccc1-c1c[n+]2ccn(C)c2c(=O)[nH]1. The molecule has 4 nitrogen and oxygen atoms in total. The van der Waals surface area contributed by atoms with Crippen LogP contribution in [-0.4, -0.2) is 9.55 Å². The predicted octanol–water partition coefficient (Wildman–Crippen LogP) is 1.43. The lowest BCUT2D eigenvalue weighted by atomic mass is 10.1. The van der Waals surface area contributed by atoms with Crippen LogP contribution in [0.15, 0.2) is 47.7 Å². The molecule has 0 unspecified atom stereocenters. The number of hydrogen-bond acceptors (Lipinski definition) is 1. The highest BCUT2D eigenvalue weighted by Crippen LogP contribution is 2.18. The van der Waals surface area contributed by atoms with Gasteiger partial charge >= 0.3 is 11.2 Å². The molecule has 0 amide bonds. The first-order chi connectivity index (χ1) is 8.66. The van der Waals surface area contributed by atoms with E-state index in [0.717, 1.165) is 16.8 Å². The molecule has 1 aromatic carbocycles. The number of nitrogens with one attached hydrogen (secondary N) is 1. The predicted molar refractivity (Wildman–Crippen MR) is 69.4 cm³/mol. The summed E-state index contributed by atoms with van der Waals surface area (Å²) in [6.45, 7) is 2.04. The minimum atomic E-state index is -0.0803. The van der Waals surface area contributed by atoms with E-state index in [0.29, 0.717) is 5.65 Å². The molecule has 0 aliphatic rings. The Kier molecular flexibility index (Phi) is 2.30. The van der Waals surface area contributed by atoms with E-state index in [1.807, 2.05) is 61.2 Å². The number of aromatic nitrogens is 3. The van der Waals surface area contributed by atoms with Crippen LogP contribution in [0, 0.1) is 6.92 Å². The highest BCUT2D eigenvalue weighted by Gasteiger charge is 2.14. The Balaban J connectivity index is 2.32. The summed E-state index contributed by atoms with van der Waals surface area (Å²) in [5.74, 6) is 0. The van der Waals surface area contributed by atoms with E-state index in [4.69, 9.17) is 0 Å². The van der Waals surface area contributed by atoms with Crippen LogP contribution in [-0.2, 0) is 7.05 Å². The molecule has 0 bridgehead atoms. The van der Waals surface area contributed by atoms with Gasteiger partial charge in [0.15, 0.2) is 0 Å². The van der Waals surface area contributed by atoms with E-state index >= 15 is 0 Å². The summed E-state index contributed by atoms with van der Waals surface area (Å²) in [5, 5.41) is 0. The van der Waals surface area contributed by atoms with Crippen molar-refractivity contribution >= 4 is 5.65 Å². The smallest absolute Gasteiger partial charge is 0.312 e. The monoisotopic (exact) mass is 240 g/mol. The Morgan fingerprint density at radius 3 is 2.83 bits per heavy atom. The largest absolute Gasteiger partial charge is 0.352 e. The standard InChI is InChI=1S/C14H13N3O/c1-10-5-3-4-6-11(10)12-9-17-8-7-16(2)14(17)13(18)15-12/h3-9H,1-2H3/p+1. The number of fused-ring (bicyclic) bond motifs is 1. The van der Waals surface area contributed by atoms with Gasteiger partial charge < -0.3 is 4.98 Å². The molecule has 0 atom stereocenters. The summed E-state index contributed by atoms with van der Waals surface area (Å²) in [5.41, 5.74) is 3.58. The van der Waals surface area contributed by atoms with Gasteiger partial charge in [0.25, 0.3) is 0 Å². The van der Waals surface area contributed by atoms with Crippen LogP contribution in [0.2, 0.25) is 0 Å². The fourth-order valence-corrected chi connectivity index (χ4v) is 2.24. The van der Waals surface area contributed by atoms with Crippen LogP contribution in [0.1, 0.15) is 5.56 Å². The number of nitrogens with zero attached hydrogens (tertiary/aromatic N) is 2. The number of aryl methyl sites for hydroxylation is 2. The molecule has 2 heterocycles. The lowest BCUT2D eigenvalue weighted by Crippen LogP contribution is -2.29. The van der Waals surface area contributed by atoms with Crippen molar-refractivity contribution in [3.8, 4) is 11.3 Å². The fraction of sp³-hybridized carbons (Fsp3) is 0.143. The maximum Gasteiger partial charge on any atom is 0.352 e. The number of benzene rings is 1. The van der Waals surface area contributed by atoms with Gasteiger partial charge in [-0.05, 0) is 12.5 Å². The highest BCUT2D eigenvalue weighted by molar-refractivity contribution is 5.62. The molecule has 18 heavy (non-hydrogen) atoms. The van der Waals surface area contributed by atoms with Crippen molar-refractivity contribution < 1.29 is 4.40 Å². The first-order valence-corrected chi connectivity index (χ1v) is 5.82. The summed E-state index contributed by atoms with van der Waals surface area (Å²) < 4.78 is 3.65. The average Bonchev–Trinajstić information content (AvgIpc) is 2.72. The molecule has 1 N–H and O–H groups in total. The molecule has 2 aromatic heterocycles. The molecule has 0 radical (unpaired) electrons. The number of aromatic amines is 1. The molecule has 0 saturated carbocycles. The van der Waals surface area contributed by atoms with E-state index in [1.165, 1.54) is 0 Å². The van der Waals surface area contributed by atoms with Gasteiger partial charge in [-0.3, -0.25) is 4.79 Å². The molecule has 0 spiro atoms. The number of imidazole rings is 1. The highest BCUT2D eigenvalue weighted by atomic mass is 16.1.